The fourth-order valence-corrected chi connectivity index (χ4v) is 2.95. The molecule has 1 aliphatic carbocycles. The van der Waals surface area contributed by atoms with Crippen molar-refractivity contribution in [1.82, 2.24) is 9.88 Å². The summed E-state index contributed by atoms with van der Waals surface area (Å²) >= 11 is 0. The SMILES string of the molecule is N#Cc1ccc(C(=O)N2C[C@H]3CC=CC[C@H]3C2)cn1. The van der Waals surface area contributed by atoms with E-state index in [0.29, 0.717) is 23.1 Å². The molecule has 3 rings (SSSR count). The maximum absolute atomic E-state index is 12.4. The molecule has 1 fully saturated rings. The number of fused-ring (bicyclic) bond motifs is 1. The molecule has 1 aromatic heterocycles. The van der Waals surface area contributed by atoms with Gasteiger partial charge in [-0.05, 0) is 36.8 Å². The molecule has 0 saturated carbocycles. The van der Waals surface area contributed by atoms with E-state index >= 15 is 0 Å². The van der Waals surface area contributed by atoms with Gasteiger partial charge < -0.3 is 4.90 Å². The van der Waals surface area contributed by atoms with Crippen LogP contribution in [0, 0.1) is 23.2 Å². The number of nitrogens with zero attached hydrogens (tertiary/aromatic N) is 3. The molecule has 1 saturated heterocycles. The van der Waals surface area contributed by atoms with E-state index in [1.54, 1.807) is 12.1 Å². The van der Waals surface area contributed by atoms with E-state index in [-0.39, 0.29) is 5.91 Å². The minimum atomic E-state index is 0.0337. The number of amides is 1. The Labute approximate surface area is 112 Å². The van der Waals surface area contributed by atoms with Gasteiger partial charge in [0.2, 0.25) is 0 Å². The Kier molecular flexibility index (Phi) is 3.04. The summed E-state index contributed by atoms with van der Waals surface area (Å²) in [5, 5.41) is 8.70. The summed E-state index contributed by atoms with van der Waals surface area (Å²) < 4.78 is 0. The predicted molar refractivity (Wildman–Crippen MR) is 70.2 cm³/mol. The van der Waals surface area contributed by atoms with Crippen LogP contribution in [0.1, 0.15) is 28.9 Å². The van der Waals surface area contributed by atoms with Gasteiger partial charge in [-0.2, -0.15) is 5.26 Å². The normalized spacial score (nSPS) is 24.9. The highest BCUT2D eigenvalue weighted by Gasteiger charge is 2.35. The molecule has 0 radical (unpaired) electrons. The lowest BCUT2D eigenvalue weighted by molar-refractivity contribution is 0.0784. The standard InChI is InChI=1S/C15H15N3O/c16-7-14-6-5-11(8-17-14)15(19)18-9-12-3-1-2-4-13(12)10-18/h1-2,5-6,8,12-13H,3-4,9-10H2/t12-,13+. The number of hydrogen-bond donors (Lipinski definition) is 0. The molecule has 2 heterocycles. The second-order valence-corrected chi connectivity index (χ2v) is 5.22. The van der Waals surface area contributed by atoms with Gasteiger partial charge >= 0.3 is 0 Å². The van der Waals surface area contributed by atoms with Crippen molar-refractivity contribution >= 4 is 5.91 Å². The monoisotopic (exact) mass is 253 g/mol. The van der Waals surface area contributed by atoms with Crippen LogP contribution in [-0.2, 0) is 0 Å². The van der Waals surface area contributed by atoms with E-state index in [2.05, 4.69) is 17.1 Å². The van der Waals surface area contributed by atoms with Crippen LogP contribution in [0.2, 0.25) is 0 Å². The van der Waals surface area contributed by atoms with E-state index in [1.165, 1.54) is 6.20 Å². The van der Waals surface area contributed by atoms with E-state index in [9.17, 15) is 4.79 Å². The van der Waals surface area contributed by atoms with Gasteiger partial charge in [0.05, 0.1) is 5.56 Å². The molecule has 1 aromatic rings. The first-order valence-corrected chi connectivity index (χ1v) is 6.58. The van der Waals surface area contributed by atoms with Gasteiger partial charge in [0.1, 0.15) is 11.8 Å². The molecule has 0 unspecified atom stereocenters. The van der Waals surface area contributed by atoms with Crippen LogP contribution in [0.3, 0.4) is 0 Å². The quantitative estimate of drug-likeness (QED) is 0.719. The zero-order valence-corrected chi connectivity index (χ0v) is 10.6. The van der Waals surface area contributed by atoms with Crippen LogP contribution < -0.4 is 0 Å². The third-order valence-electron chi connectivity index (χ3n) is 4.03. The minimum Gasteiger partial charge on any atom is -0.338 e. The maximum Gasteiger partial charge on any atom is 0.255 e. The summed E-state index contributed by atoms with van der Waals surface area (Å²) in [5.41, 5.74) is 0.918. The van der Waals surface area contributed by atoms with Crippen molar-refractivity contribution in [3.63, 3.8) is 0 Å². The van der Waals surface area contributed by atoms with Gasteiger partial charge in [-0.3, -0.25) is 4.79 Å². The fraction of sp³-hybridized carbons (Fsp3) is 0.400. The van der Waals surface area contributed by atoms with E-state index < -0.39 is 0 Å². The van der Waals surface area contributed by atoms with E-state index in [0.717, 1.165) is 25.9 Å². The molecule has 96 valence electrons. The highest BCUT2D eigenvalue weighted by molar-refractivity contribution is 5.94. The number of rotatable bonds is 1. The Morgan fingerprint density at radius 2 is 1.95 bits per heavy atom. The van der Waals surface area contributed by atoms with E-state index in [4.69, 9.17) is 5.26 Å². The molecule has 1 aliphatic heterocycles. The fourth-order valence-electron chi connectivity index (χ4n) is 2.95. The third kappa shape index (κ3) is 2.24. The smallest absolute Gasteiger partial charge is 0.255 e. The molecule has 0 bridgehead atoms. The van der Waals surface area contributed by atoms with Crippen molar-refractivity contribution in [2.24, 2.45) is 11.8 Å². The van der Waals surface area contributed by atoms with Crippen LogP contribution in [-0.4, -0.2) is 28.9 Å². The maximum atomic E-state index is 12.4. The van der Waals surface area contributed by atoms with Crippen LogP contribution in [0.5, 0.6) is 0 Å². The largest absolute Gasteiger partial charge is 0.338 e. The van der Waals surface area contributed by atoms with Gasteiger partial charge in [-0.1, -0.05) is 12.2 Å². The summed E-state index contributed by atoms with van der Waals surface area (Å²) in [6.45, 7) is 1.68. The van der Waals surface area contributed by atoms with Crippen molar-refractivity contribution in [2.45, 2.75) is 12.8 Å². The average Bonchev–Trinajstić information content (AvgIpc) is 2.90. The van der Waals surface area contributed by atoms with Crippen LogP contribution >= 0.6 is 0 Å². The van der Waals surface area contributed by atoms with Crippen molar-refractivity contribution in [1.29, 1.82) is 5.26 Å². The molecule has 0 N–H and O–H groups in total. The molecule has 0 spiro atoms. The van der Waals surface area contributed by atoms with Gasteiger partial charge in [0.15, 0.2) is 0 Å². The number of likely N-dealkylation sites (tertiary alicyclic amines) is 1. The summed E-state index contributed by atoms with van der Waals surface area (Å²) in [6, 6.07) is 5.24. The Morgan fingerprint density at radius 1 is 1.26 bits per heavy atom. The third-order valence-corrected chi connectivity index (χ3v) is 4.03. The van der Waals surface area contributed by atoms with Crippen LogP contribution in [0.25, 0.3) is 0 Å². The number of allylic oxidation sites excluding steroid dienone is 2. The minimum absolute atomic E-state index is 0.0337. The number of aromatic nitrogens is 1. The molecule has 4 heteroatoms. The van der Waals surface area contributed by atoms with Crippen molar-refractivity contribution in [3.8, 4) is 6.07 Å². The van der Waals surface area contributed by atoms with Crippen molar-refractivity contribution < 1.29 is 4.79 Å². The second-order valence-electron chi connectivity index (χ2n) is 5.22. The molecule has 19 heavy (non-hydrogen) atoms. The lowest BCUT2D eigenvalue weighted by Gasteiger charge is -2.17. The Morgan fingerprint density at radius 3 is 2.47 bits per heavy atom. The Bertz CT molecular complexity index is 540. The highest BCUT2D eigenvalue weighted by atomic mass is 16.2. The van der Waals surface area contributed by atoms with Crippen LogP contribution in [0.15, 0.2) is 30.5 Å². The zero-order chi connectivity index (χ0) is 13.2. The Balaban J connectivity index is 1.73. The molecular weight excluding hydrogens is 238 g/mol. The predicted octanol–water partition coefficient (Wildman–Crippen LogP) is 1.99. The number of carbonyl (C=O) groups is 1. The van der Waals surface area contributed by atoms with Crippen LogP contribution in [0.4, 0.5) is 0 Å². The van der Waals surface area contributed by atoms with Gasteiger partial charge in [0, 0.05) is 19.3 Å². The lowest BCUT2D eigenvalue weighted by Crippen LogP contribution is -2.29. The summed E-state index contributed by atoms with van der Waals surface area (Å²) in [6.07, 6.45) is 8.11. The van der Waals surface area contributed by atoms with Gasteiger partial charge in [-0.15, -0.1) is 0 Å². The van der Waals surface area contributed by atoms with Crippen molar-refractivity contribution in [2.75, 3.05) is 13.1 Å². The van der Waals surface area contributed by atoms with E-state index in [1.807, 2.05) is 11.0 Å². The molecule has 0 aromatic carbocycles. The van der Waals surface area contributed by atoms with Gasteiger partial charge in [0.25, 0.3) is 5.91 Å². The molecule has 2 aliphatic rings. The molecule has 4 nitrogen and oxygen atoms in total. The summed E-state index contributed by atoms with van der Waals surface area (Å²) in [5.74, 6) is 1.26. The Hall–Kier alpha value is -2.15. The number of carbonyl (C=O) groups excluding carboxylic acids is 1. The second kappa shape index (κ2) is 4.85. The zero-order valence-electron chi connectivity index (χ0n) is 10.6. The highest BCUT2D eigenvalue weighted by Crippen LogP contribution is 2.33. The number of nitriles is 1. The average molecular weight is 253 g/mol. The first kappa shape index (κ1) is 11.9. The first-order valence-electron chi connectivity index (χ1n) is 6.58. The van der Waals surface area contributed by atoms with Crippen molar-refractivity contribution in [3.05, 3.63) is 41.7 Å². The molecular formula is C15H15N3O. The first-order chi connectivity index (χ1) is 9.28. The summed E-state index contributed by atoms with van der Waals surface area (Å²) in [7, 11) is 0. The number of pyridine rings is 1. The summed E-state index contributed by atoms with van der Waals surface area (Å²) in [4.78, 5) is 18.3. The van der Waals surface area contributed by atoms with Gasteiger partial charge in [-0.25, -0.2) is 4.98 Å². The molecule has 1 amide bonds. The number of hydrogen-bond acceptors (Lipinski definition) is 3. The molecule has 2 atom stereocenters. The lowest BCUT2D eigenvalue weighted by atomic mass is 9.86. The topological polar surface area (TPSA) is 57.0 Å².